The van der Waals surface area contributed by atoms with Gasteiger partial charge in [-0.1, -0.05) is 34.1 Å². The highest BCUT2D eigenvalue weighted by Crippen LogP contribution is 2.34. The van der Waals surface area contributed by atoms with E-state index in [9.17, 15) is 0 Å². The number of ether oxygens (including phenoxy) is 1. The molecule has 0 aromatic carbocycles. The van der Waals surface area contributed by atoms with Gasteiger partial charge in [0.15, 0.2) is 0 Å². The van der Waals surface area contributed by atoms with Gasteiger partial charge >= 0.3 is 0 Å². The van der Waals surface area contributed by atoms with E-state index in [-0.39, 0.29) is 5.41 Å². The normalized spacial score (nSPS) is 28.3. The third kappa shape index (κ3) is 4.06. The van der Waals surface area contributed by atoms with Gasteiger partial charge in [0.2, 0.25) is 0 Å². The maximum atomic E-state index is 5.88. The molecule has 0 saturated carbocycles. The topological polar surface area (TPSA) is 21.3 Å². The molecule has 1 saturated heterocycles. The van der Waals surface area contributed by atoms with Crippen molar-refractivity contribution >= 4 is 0 Å². The summed E-state index contributed by atoms with van der Waals surface area (Å²) in [5.74, 6) is 0.694. The monoisotopic (exact) mass is 227 g/mol. The van der Waals surface area contributed by atoms with Crippen molar-refractivity contribution in [2.45, 2.75) is 66.0 Å². The Bertz CT molecular complexity index is 197. The second kappa shape index (κ2) is 6.02. The first-order valence-corrected chi connectivity index (χ1v) is 6.80. The molecule has 1 fully saturated rings. The summed E-state index contributed by atoms with van der Waals surface area (Å²) in [6.45, 7) is 13.4. The molecular weight excluding hydrogens is 198 g/mol. The number of nitrogens with one attached hydrogen (secondary N) is 1. The molecule has 0 spiro atoms. The van der Waals surface area contributed by atoms with Crippen LogP contribution in [0.4, 0.5) is 0 Å². The van der Waals surface area contributed by atoms with Crippen LogP contribution in [0.15, 0.2) is 0 Å². The van der Waals surface area contributed by atoms with Crippen molar-refractivity contribution in [3.05, 3.63) is 0 Å². The van der Waals surface area contributed by atoms with Crippen molar-refractivity contribution in [3.63, 3.8) is 0 Å². The highest BCUT2D eigenvalue weighted by Gasteiger charge is 2.36. The van der Waals surface area contributed by atoms with Crippen molar-refractivity contribution in [2.24, 2.45) is 11.3 Å². The van der Waals surface area contributed by atoms with Crippen molar-refractivity contribution in [3.8, 4) is 0 Å². The molecule has 0 bridgehead atoms. The lowest BCUT2D eigenvalue weighted by molar-refractivity contribution is 0.00684. The molecule has 1 aliphatic rings. The van der Waals surface area contributed by atoms with Gasteiger partial charge in [-0.2, -0.15) is 0 Å². The smallest absolute Gasteiger partial charge is 0.0664 e. The predicted molar refractivity (Wildman–Crippen MR) is 69.7 cm³/mol. The summed E-state index contributed by atoms with van der Waals surface area (Å²) in [4.78, 5) is 0. The third-order valence-corrected chi connectivity index (χ3v) is 3.52. The van der Waals surface area contributed by atoms with Crippen LogP contribution in [0, 0.1) is 11.3 Å². The molecule has 2 heteroatoms. The zero-order valence-corrected chi connectivity index (χ0v) is 11.7. The zero-order valence-electron chi connectivity index (χ0n) is 11.7. The van der Waals surface area contributed by atoms with E-state index in [4.69, 9.17) is 4.74 Å². The second-order valence-corrected chi connectivity index (χ2v) is 6.30. The van der Waals surface area contributed by atoms with Crippen molar-refractivity contribution in [2.75, 3.05) is 13.2 Å². The lowest BCUT2D eigenvalue weighted by Gasteiger charge is -2.31. The van der Waals surface area contributed by atoms with Crippen molar-refractivity contribution < 1.29 is 4.74 Å². The van der Waals surface area contributed by atoms with Gasteiger partial charge in [0.1, 0.15) is 0 Å². The summed E-state index contributed by atoms with van der Waals surface area (Å²) >= 11 is 0. The van der Waals surface area contributed by atoms with Gasteiger partial charge in [-0.3, -0.25) is 0 Å². The third-order valence-electron chi connectivity index (χ3n) is 3.52. The number of hydrogen-bond acceptors (Lipinski definition) is 2. The Morgan fingerprint density at radius 1 is 1.38 bits per heavy atom. The SMILES string of the molecule is CCCC(C)NCC1CCOC1C(C)(C)C. The molecule has 0 aromatic rings. The molecule has 1 aliphatic heterocycles. The fourth-order valence-corrected chi connectivity index (χ4v) is 2.69. The Balaban J connectivity index is 2.36. The van der Waals surface area contributed by atoms with Crippen LogP contribution in [0.5, 0.6) is 0 Å². The maximum Gasteiger partial charge on any atom is 0.0664 e. The van der Waals surface area contributed by atoms with Crippen LogP contribution >= 0.6 is 0 Å². The van der Waals surface area contributed by atoms with Gasteiger partial charge in [-0.25, -0.2) is 0 Å². The van der Waals surface area contributed by atoms with Gasteiger partial charge in [-0.05, 0) is 25.2 Å². The molecule has 1 rings (SSSR count). The van der Waals surface area contributed by atoms with Crippen molar-refractivity contribution in [1.29, 1.82) is 0 Å². The average molecular weight is 227 g/mol. The lowest BCUT2D eigenvalue weighted by Crippen LogP contribution is -2.39. The molecule has 1 N–H and O–H groups in total. The van der Waals surface area contributed by atoms with E-state index < -0.39 is 0 Å². The Hall–Kier alpha value is -0.0800. The Labute approximate surface area is 101 Å². The van der Waals surface area contributed by atoms with Crippen molar-refractivity contribution in [1.82, 2.24) is 5.32 Å². The van der Waals surface area contributed by atoms with E-state index in [0.717, 1.165) is 13.2 Å². The minimum atomic E-state index is 0.275. The standard InChI is InChI=1S/C14H29NO/c1-6-7-11(2)15-10-12-8-9-16-13(12)14(3,4)5/h11-13,15H,6-10H2,1-5H3. The first-order valence-electron chi connectivity index (χ1n) is 6.80. The summed E-state index contributed by atoms with van der Waals surface area (Å²) < 4.78 is 5.88. The molecule has 0 radical (unpaired) electrons. The molecule has 2 nitrogen and oxygen atoms in total. The van der Waals surface area contributed by atoms with Crippen LogP contribution in [0.3, 0.4) is 0 Å². The van der Waals surface area contributed by atoms with E-state index in [2.05, 4.69) is 39.9 Å². The molecule has 0 aliphatic carbocycles. The summed E-state index contributed by atoms with van der Waals surface area (Å²) in [6, 6.07) is 0.645. The molecule has 0 amide bonds. The number of rotatable bonds is 5. The molecule has 3 atom stereocenters. The molecule has 3 unspecified atom stereocenters. The van der Waals surface area contributed by atoms with Gasteiger partial charge < -0.3 is 10.1 Å². The minimum Gasteiger partial charge on any atom is -0.377 e. The van der Waals surface area contributed by atoms with E-state index in [1.54, 1.807) is 0 Å². The summed E-state index contributed by atoms with van der Waals surface area (Å²) in [6.07, 6.45) is 4.17. The summed E-state index contributed by atoms with van der Waals surface area (Å²) in [5, 5.41) is 3.65. The van der Waals surface area contributed by atoms with Crippen LogP contribution in [-0.2, 0) is 4.74 Å². The lowest BCUT2D eigenvalue weighted by atomic mass is 9.81. The predicted octanol–water partition coefficient (Wildman–Crippen LogP) is 3.22. The van der Waals surface area contributed by atoms with Crippen LogP contribution in [-0.4, -0.2) is 25.3 Å². The second-order valence-electron chi connectivity index (χ2n) is 6.30. The first kappa shape index (κ1) is 14.0. The van der Waals surface area contributed by atoms with E-state index >= 15 is 0 Å². The highest BCUT2D eigenvalue weighted by atomic mass is 16.5. The van der Waals surface area contributed by atoms with Gasteiger partial charge in [-0.15, -0.1) is 0 Å². The Morgan fingerprint density at radius 3 is 2.62 bits per heavy atom. The number of hydrogen-bond donors (Lipinski definition) is 1. The maximum absolute atomic E-state index is 5.88. The van der Waals surface area contributed by atoms with Crippen LogP contribution in [0.1, 0.15) is 53.9 Å². The Morgan fingerprint density at radius 2 is 2.06 bits per heavy atom. The minimum absolute atomic E-state index is 0.275. The molecule has 0 aromatic heterocycles. The molecule has 16 heavy (non-hydrogen) atoms. The van der Waals surface area contributed by atoms with Crippen LogP contribution < -0.4 is 5.32 Å². The van der Waals surface area contributed by atoms with Gasteiger partial charge in [0.05, 0.1) is 6.10 Å². The Kier molecular flexibility index (Phi) is 5.26. The molecule has 96 valence electrons. The highest BCUT2D eigenvalue weighted by molar-refractivity contribution is 4.87. The van der Waals surface area contributed by atoms with E-state index in [1.165, 1.54) is 19.3 Å². The average Bonchev–Trinajstić information content (AvgIpc) is 2.62. The van der Waals surface area contributed by atoms with E-state index in [0.29, 0.717) is 18.1 Å². The van der Waals surface area contributed by atoms with Gasteiger partial charge in [0.25, 0.3) is 0 Å². The van der Waals surface area contributed by atoms with Crippen LogP contribution in [0.25, 0.3) is 0 Å². The molecule has 1 heterocycles. The first-order chi connectivity index (χ1) is 7.45. The summed E-state index contributed by atoms with van der Waals surface area (Å²) in [7, 11) is 0. The fraction of sp³-hybridized carbons (Fsp3) is 1.00. The quantitative estimate of drug-likeness (QED) is 0.778. The van der Waals surface area contributed by atoms with Crippen LogP contribution in [0.2, 0.25) is 0 Å². The molecular formula is C14H29NO. The van der Waals surface area contributed by atoms with E-state index in [1.807, 2.05) is 0 Å². The largest absolute Gasteiger partial charge is 0.377 e. The summed E-state index contributed by atoms with van der Waals surface area (Å²) in [5.41, 5.74) is 0.275. The fourth-order valence-electron chi connectivity index (χ4n) is 2.69. The van der Waals surface area contributed by atoms with Gasteiger partial charge in [0, 0.05) is 25.1 Å². The zero-order chi connectivity index (χ0) is 12.2.